The molecule has 1 saturated heterocycles. The van der Waals surface area contributed by atoms with Gasteiger partial charge in [-0.25, -0.2) is 0 Å². The van der Waals surface area contributed by atoms with E-state index in [-0.39, 0.29) is 0 Å². The van der Waals surface area contributed by atoms with Crippen LogP contribution >= 0.6 is 24.0 Å². The number of nitrogens with two attached hydrogens (primary N) is 1. The lowest BCUT2D eigenvalue weighted by atomic mass is 10.1. The Morgan fingerprint density at radius 3 is 3.12 bits per heavy atom. The van der Waals surface area contributed by atoms with Crippen LogP contribution in [-0.2, 0) is 6.54 Å². The molecule has 0 bridgehead atoms. The van der Waals surface area contributed by atoms with E-state index in [4.69, 9.17) is 18.0 Å². The van der Waals surface area contributed by atoms with Crippen molar-refractivity contribution in [3.63, 3.8) is 0 Å². The molecule has 0 aliphatic carbocycles. The number of benzene rings is 1. The first-order chi connectivity index (χ1) is 8.15. The van der Waals surface area contributed by atoms with Crippen molar-refractivity contribution in [2.45, 2.75) is 18.7 Å². The predicted molar refractivity (Wildman–Crippen MR) is 79.5 cm³/mol. The van der Waals surface area contributed by atoms with Gasteiger partial charge in [0.2, 0.25) is 0 Å². The summed E-state index contributed by atoms with van der Waals surface area (Å²) in [6.45, 7) is 5.64. The molecule has 0 saturated carbocycles. The Morgan fingerprint density at radius 2 is 2.41 bits per heavy atom. The maximum atomic E-state index is 5.65. The Labute approximate surface area is 113 Å². The summed E-state index contributed by atoms with van der Waals surface area (Å²) in [5, 5.41) is 0.738. The summed E-state index contributed by atoms with van der Waals surface area (Å²) in [4.78, 5) is 2.98. The first-order valence-corrected chi connectivity index (χ1v) is 7.33. The summed E-state index contributed by atoms with van der Waals surface area (Å²) >= 11 is 7.06. The number of nitrogens with zero attached hydrogens (tertiary/aromatic N) is 1. The molecule has 0 radical (unpaired) electrons. The Kier molecular flexibility index (Phi) is 4.42. The van der Waals surface area contributed by atoms with E-state index < -0.39 is 0 Å². The first-order valence-electron chi connectivity index (χ1n) is 5.88. The van der Waals surface area contributed by atoms with Gasteiger partial charge in [0.05, 0.1) is 0 Å². The number of hydrogen-bond donors (Lipinski definition) is 1. The summed E-state index contributed by atoms with van der Waals surface area (Å²) in [5.74, 6) is 1.23. The van der Waals surface area contributed by atoms with Gasteiger partial charge in [-0.1, -0.05) is 37.3 Å². The highest BCUT2D eigenvalue weighted by molar-refractivity contribution is 7.99. The molecule has 1 aliphatic rings. The zero-order valence-corrected chi connectivity index (χ0v) is 11.7. The molecule has 2 nitrogen and oxygen atoms in total. The minimum absolute atomic E-state index is 0.481. The number of rotatable bonds is 3. The third-order valence-corrected chi connectivity index (χ3v) is 4.31. The van der Waals surface area contributed by atoms with Crippen molar-refractivity contribution in [3.8, 4) is 0 Å². The lowest BCUT2D eigenvalue weighted by molar-refractivity contribution is 0.278. The molecule has 0 amide bonds. The summed E-state index contributed by atoms with van der Waals surface area (Å²) in [5.41, 5.74) is 7.92. The van der Waals surface area contributed by atoms with Crippen molar-refractivity contribution in [3.05, 3.63) is 35.4 Å². The number of thioether (sulfide) groups is 1. The van der Waals surface area contributed by atoms with Crippen LogP contribution < -0.4 is 5.73 Å². The molecule has 1 unspecified atom stereocenters. The maximum absolute atomic E-state index is 5.65. The normalized spacial score (nSPS) is 21.4. The van der Waals surface area contributed by atoms with Crippen LogP contribution in [0.15, 0.2) is 24.3 Å². The highest BCUT2D eigenvalue weighted by atomic mass is 32.2. The highest BCUT2D eigenvalue weighted by Crippen LogP contribution is 2.19. The Morgan fingerprint density at radius 1 is 1.59 bits per heavy atom. The molecular weight excluding hydrogens is 248 g/mol. The van der Waals surface area contributed by atoms with E-state index >= 15 is 0 Å². The van der Waals surface area contributed by atoms with Gasteiger partial charge in [-0.05, 0) is 11.6 Å². The average molecular weight is 266 g/mol. The Balaban J connectivity index is 2.02. The van der Waals surface area contributed by atoms with Gasteiger partial charge in [-0.3, -0.25) is 4.90 Å². The van der Waals surface area contributed by atoms with Gasteiger partial charge in [0.1, 0.15) is 4.99 Å². The van der Waals surface area contributed by atoms with Crippen LogP contribution in [0.1, 0.15) is 18.1 Å². The molecule has 4 heteroatoms. The molecule has 1 aromatic carbocycles. The zero-order valence-electron chi connectivity index (χ0n) is 10.1. The smallest absolute Gasteiger partial charge is 0.103 e. The number of thiocarbonyl (C=S) groups is 1. The Bertz CT molecular complexity index is 406. The van der Waals surface area contributed by atoms with Crippen LogP contribution in [0.2, 0.25) is 0 Å². The van der Waals surface area contributed by atoms with Gasteiger partial charge in [0.15, 0.2) is 0 Å². The third kappa shape index (κ3) is 3.69. The minimum atomic E-state index is 0.481. The van der Waals surface area contributed by atoms with Crippen LogP contribution in [0.5, 0.6) is 0 Å². The second-order valence-electron chi connectivity index (χ2n) is 4.48. The molecule has 1 aromatic rings. The fraction of sp³-hybridized carbons (Fsp3) is 0.462. The highest BCUT2D eigenvalue weighted by Gasteiger charge is 2.16. The largest absolute Gasteiger partial charge is 0.389 e. The van der Waals surface area contributed by atoms with E-state index in [1.807, 2.05) is 12.1 Å². The SMILES string of the molecule is CC1CN(Cc2cccc(C(N)=S)c2)CCS1. The summed E-state index contributed by atoms with van der Waals surface area (Å²) in [6, 6.07) is 8.26. The second kappa shape index (κ2) is 5.85. The number of hydrogen-bond acceptors (Lipinski definition) is 3. The maximum Gasteiger partial charge on any atom is 0.103 e. The van der Waals surface area contributed by atoms with E-state index in [1.165, 1.54) is 24.4 Å². The van der Waals surface area contributed by atoms with Crippen molar-refractivity contribution in [1.82, 2.24) is 4.90 Å². The minimum Gasteiger partial charge on any atom is -0.389 e. The molecule has 0 aromatic heterocycles. The molecular formula is C13H18N2S2. The van der Waals surface area contributed by atoms with Crippen LogP contribution in [0, 0.1) is 0 Å². The lowest BCUT2D eigenvalue weighted by Gasteiger charge is -2.30. The Hall–Kier alpha value is -0.580. The van der Waals surface area contributed by atoms with Crippen LogP contribution in [0.3, 0.4) is 0 Å². The standard InChI is InChI=1S/C13H18N2S2/c1-10-8-15(5-6-17-10)9-11-3-2-4-12(7-11)13(14)16/h2-4,7,10H,5-6,8-9H2,1H3,(H2,14,16). The van der Waals surface area contributed by atoms with Gasteiger partial charge in [-0.15, -0.1) is 0 Å². The first kappa shape index (κ1) is 12.9. The molecule has 2 N–H and O–H groups in total. The average Bonchev–Trinajstić information content (AvgIpc) is 2.29. The predicted octanol–water partition coefficient (Wildman–Crippen LogP) is 2.26. The zero-order chi connectivity index (χ0) is 12.3. The quantitative estimate of drug-likeness (QED) is 0.850. The van der Waals surface area contributed by atoms with E-state index in [0.29, 0.717) is 4.99 Å². The van der Waals surface area contributed by atoms with Gasteiger partial charge >= 0.3 is 0 Å². The molecule has 1 heterocycles. The fourth-order valence-corrected chi connectivity index (χ4v) is 3.32. The molecule has 92 valence electrons. The third-order valence-electron chi connectivity index (χ3n) is 2.94. The van der Waals surface area contributed by atoms with Gasteiger partial charge in [0, 0.05) is 36.2 Å². The monoisotopic (exact) mass is 266 g/mol. The molecule has 2 rings (SSSR count). The van der Waals surface area contributed by atoms with Crippen LogP contribution in [0.4, 0.5) is 0 Å². The van der Waals surface area contributed by atoms with Crippen molar-refractivity contribution in [2.24, 2.45) is 5.73 Å². The van der Waals surface area contributed by atoms with Crippen molar-refractivity contribution in [2.75, 3.05) is 18.8 Å². The van der Waals surface area contributed by atoms with Gasteiger partial charge in [-0.2, -0.15) is 11.8 Å². The topological polar surface area (TPSA) is 29.3 Å². The summed E-state index contributed by atoms with van der Waals surface area (Å²) in [7, 11) is 0. The van der Waals surface area contributed by atoms with E-state index in [1.54, 1.807) is 0 Å². The van der Waals surface area contributed by atoms with Crippen molar-refractivity contribution < 1.29 is 0 Å². The van der Waals surface area contributed by atoms with Crippen LogP contribution in [-0.4, -0.2) is 34.0 Å². The molecule has 17 heavy (non-hydrogen) atoms. The fourth-order valence-electron chi connectivity index (χ4n) is 2.12. The van der Waals surface area contributed by atoms with Gasteiger partial charge < -0.3 is 5.73 Å². The lowest BCUT2D eigenvalue weighted by Crippen LogP contribution is -2.36. The molecule has 1 atom stereocenters. The summed E-state index contributed by atoms with van der Waals surface area (Å²) < 4.78 is 0. The second-order valence-corrected chi connectivity index (χ2v) is 6.47. The van der Waals surface area contributed by atoms with E-state index in [0.717, 1.165) is 17.4 Å². The van der Waals surface area contributed by atoms with Gasteiger partial charge in [0.25, 0.3) is 0 Å². The van der Waals surface area contributed by atoms with Crippen molar-refractivity contribution in [1.29, 1.82) is 0 Å². The molecule has 0 spiro atoms. The molecule has 1 fully saturated rings. The molecule has 1 aliphatic heterocycles. The van der Waals surface area contributed by atoms with E-state index in [2.05, 4.69) is 35.7 Å². The summed E-state index contributed by atoms with van der Waals surface area (Å²) in [6.07, 6.45) is 0. The van der Waals surface area contributed by atoms with Crippen molar-refractivity contribution >= 4 is 29.0 Å². The van der Waals surface area contributed by atoms with Crippen LogP contribution in [0.25, 0.3) is 0 Å². The van der Waals surface area contributed by atoms with E-state index in [9.17, 15) is 0 Å².